The van der Waals surface area contributed by atoms with Crippen molar-refractivity contribution in [3.8, 4) is 5.75 Å². The van der Waals surface area contributed by atoms with Crippen LogP contribution in [0.2, 0.25) is 0 Å². The summed E-state index contributed by atoms with van der Waals surface area (Å²) in [6, 6.07) is 7.44. The number of rotatable bonds is 4. The van der Waals surface area contributed by atoms with Crippen molar-refractivity contribution in [1.82, 2.24) is 14.5 Å². The molecule has 2 aliphatic rings. The van der Waals surface area contributed by atoms with Crippen molar-refractivity contribution in [2.75, 3.05) is 64.0 Å². The Balaban J connectivity index is 0.00000300. The number of para-hydroxylation sites is 2. The zero-order valence-electron chi connectivity index (χ0n) is 17.1. The Morgan fingerprint density at radius 1 is 1.14 bits per heavy atom. The second kappa shape index (κ2) is 10.7. The number of phenols is 1. The molecule has 1 aromatic rings. The van der Waals surface area contributed by atoms with Gasteiger partial charge in [0.05, 0.1) is 11.9 Å². The van der Waals surface area contributed by atoms with Crippen molar-refractivity contribution in [2.24, 2.45) is 10.9 Å². The van der Waals surface area contributed by atoms with E-state index in [1.807, 2.05) is 18.2 Å². The van der Waals surface area contributed by atoms with Crippen molar-refractivity contribution in [3.05, 3.63) is 24.3 Å². The molecule has 0 amide bonds. The molecule has 1 aromatic carbocycles. The lowest BCUT2D eigenvalue weighted by Gasteiger charge is -2.38. The largest absolute Gasteiger partial charge is 0.506 e. The Labute approximate surface area is 191 Å². The molecule has 0 unspecified atom stereocenters. The third kappa shape index (κ3) is 6.35. The molecule has 2 fully saturated rings. The van der Waals surface area contributed by atoms with Gasteiger partial charge in [0.2, 0.25) is 10.0 Å². The number of hydrogen-bond acceptors (Lipinski definition) is 5. The zero-order chi connectivity index (χ0) is 20.1. The number of aliphatic imine (C=N–C) groups is 1. The van der Waals surface area contributed by atoms with Gasteiger partial charge in [-0.15, -0.1) is 24.0 Å². The van der Waals surface area contributed by atoms with E-state index >= 15 is 0 Å². The Bertz CT molecular complexity index is 789. The first kappa shape index (κ1) is 24.0. The van der Waals surface area contributed by atoms with Crippen LogP contribution in [0.25, 0.3) is 0 Å². The highest BCUT2D eigenvalue weighted by molar-refractivity contribution is 14.0. The number of anilines is 1. The quantitative estimate of drug-likeness (QED) is 0.343. The average Bonchev–Trinajstić information content (AvgIpc) is 2.69. The van der Waals surface area contributed by atoms with Crippen LogP contribution >= 0.6 is 24.0 Å². The monoisotopic (exact) mass is 537 g/mol. The van der Waals surface area contributed by atoms with E-state index in [0.717, 1.165) is 57.2 Å². The minimum atomic E-state index is -3.08. The lowest BCUT2D eigenvalue weighted by molar-refractivity contribution is 0.271. The van der Waals surface area contributed by atoms with Crippen molar-refractivity contribution in [2.45, 2.75) is 12.8 Å². The fourth-order valence-electron chi connectivity index (χ4n) is 3.90. The Morgan fingerprint density at radius 2 is 1.76 bits per heavy atom. The van der Waals surface area contributed by atoms with Crippen molar-refractivity contribution >= 4 is 45.6 Å². The van der Waals surface area contributed by atoms with Crippen LogP contribution in [-0.4, -0.2) is 87.8 Å². The number of aromatic hydroxyl groups is 1. The molecule has 0 radical (unpaired) electrons. The molecule has 0 aromatic heterocycles. The first-order chi connectivity index (χ1) is 13.4. The number of halogens is 1. The first-order valence-corrected chi connectivity index (χ1v) is 11.7. The minimum Gasteiger partial charge on any atom is -0.506 e. The van der Waals surface area contributed by atoms with E-state index in [-0.39, 0.29) is 24.0 Å². The molecule has 0 saturated carbocycles. The van der Waals surface area contributed by atoms with E-state index in [9.17, 15) is 13.5 Å². The summed E-state index contributed by atoms with van der Waals surface area (Å²) in [5, 5.41) is 13.5. The molecule has 0 atom stereocenters. The number of sulfonamides is 1. The molecule has 2 heterocycles. The predicted molar refractivity (Wildman–Crippen MR) is 128 cm³/mol. The highest BCUT2D eigenvalue weighted by Gasteiger charge is 2.26. The standard InChI is InChI=1S/C19H31N5O3S.HI/c1-20-19(21-15-16-7-9-24(10-8-16)28(2,26)27)23-13-11-22(12-14-23)17-5-3-4-6-18(17)25;/h3-6,16,25H,7-15H2,1-2H3,(H,20,21);1H. The lowest BCUT2D eigenvalue weighted by Crippen LogP contribution is -2.53. The SMILES string of the molecule is CN=C(NCC1CCN(S(C)(=O)=O)CC1)N1CCN(c2ccccc2O)CC1.I. The maximum absolute atomic E-state index is 11.6. The van der Waals surface area contributed by atoms with Gasteiger partial charge in [0.1, 0.15) is 5.75 Å². The van der Waals surface area contributed by atoms with Crippen molar-refractivity contribution in [3.63, 3.8) is 0 Å². The highest BCUT2D eigenvalue weighted by Crippen LogP contribution is 2.27. The number of benzene rings is 1. The number of piperazine rings is 1. The summed E-state index contributed by atoms with van der Waals surface area (Å²) >= 11 is 0. The Morgan fingerprint density at radius 3 is 2.31 bits per heavy atom. The number of nitrogens with zero attached hydrogens (tertiary/aromatic N) is 4. The van der Waals surface area contributed by atoms with Gasteiger partial charge in [-0.3, -0.25) is 4.99 Å². The van der Waals surface area contributed by atoms with Crippen LogP contribution in [0.1, 0.15) is 12.8 Å². The minimum absolute atomic E-state index is 0. The summed E-state index contributed by atoms with van der Waals surface area (Å²) in [4.78, 5) is 8.86. The average molecular weight is 537 g/mol. The molecule has 2 saturated heterocycles. The van der Waals surface area contributed by atoms with Gasteiger partial charge in [0.15, 0.2) is 5.96 Å². The van der Waals surface area contributed by atoms with E-state index in [1.165, 1.54) is 6.26 Å². The highest BCUT2D eigenvalue weighted by atomic mass is 127. The van der Waals surface area contributed by atoms with E-state index in [4.69, 9.17) is 0 Å². The van der Waals surface area contributed by atoms with Crippen molar-refractivity contribution in [1.29, 1.82) is 0 Å². The molecule has 8 nitrogen and oxygen atoms in total. The molecule has 29 heavy (non-hydrogen) atoms. The molecule has 10 heteroatoms. The third-order valence-corrected chi connectivity index (χ3v) is 6.91. The molecule has 2 aliphatic heterocycles. The molecule has 0 spiro atoms. The van der Waals surface area contributed by atoms with Gasteiger partial charge >= 0.3 is 0 Å². The van der Waals surface area contributed by atoms with Crippen LogP contribution in [0.5, 0.6) is 5.75 Å². The number of phenolic OH excluding ortho intramolecular Hbond substituents is 1. The van der Waals surface area contributed by atoms with Gasteiger partial charge in [0, 0.05) is 52.9 Å². The number of hydrogen-bond donors (Lipinski definition) is 2. The van der Waals surface area contributed by atoms with Crippen LogP contribution in [-0.2, 0) is 10.0 Å². The molecule has 164 valence electrons. The molecule has 3 rings (SSSR count). The van der Waals surface area contributed by atoms with Gasteiger partial charge in [0.25, 0.3) is 0 Å². The maximum Gasteiger partial charge on any atom is 0.211 e. The number of guanidine groups is 1. The zero-order valence-corrected chi connectivity index (χ0v) is 20.3. The Kier molecular flexibility index (Phi) is 8.83. The summed E-state index contributed by atoms with van der Waals surface area (Å²) in [5.74, 6) is 1.67. The van der Waals surface area contributed by atoms with Crippen molar-refractivity contribution < 1.29 is 13.5 Å². The van der Waals surface area contributed by atoms with Crippen LogP contribution in [0.4, 0.5) is 5.69 Å². The molecular weight excluding hydrogens is 505 g/mol. The van der Waals surface area contributed by atoms with Gasteiger partial charge in [-0.2, -0.15) is 0 Å². The second-order valence-corrected chi connectivity index (χ2v) is 9.48. The fourth-order valence-corrected chi connectivity index (χ4v) is 4.78. The molecule has 0 bridgehead atoms. The summed E-state index contributed by atoms with van der Waals surface area (Å²) in [6.45, 7) is 5.33. The summed E-state index contributed by atoms with van der Waals surface area (Å²) in [5.41, 5.74) is 0.878. The van der Waals surface area contributed by atoms with E-state index in [2.05, 4.69) is 20.1 Å². The normalized spacial score (nSPS) is 19.7. The van der Waals surface area contributed by atoms with Crippen LogP contribution in [0.3, 0.4) is 0 Å². The van der Waals surface area contributed by atoms with Gasteiger partial charge in [-0.1, -0.05) is 12.1 Å². The summed E-state index contributed by atoms with van der Waals surface area (Å²) < 4.78 is 24.8. The van der Waals surface area contributed by atoms with E-state index in [0.29, 0.717) is 24.8 Å². The molecule has 2 N–H and O–H groups in total. The topological polar surface area (TPSA) is 88.5 Å². The third-order valence-electron chi connectivity index (χ3n) is 5.60. The van der Waals surface area contributed by atoms with Crippen LogP contribution in [0.15, 0.2) is 29.3 Å². The smallest absolute Gasteiger partial charge is 0.211 e. The van der Waals surface area contributed by atoms with Gasteiger partial charge < -0.3 is 20.2 Å². The first-order valence-electron chi connectivity index (χ1n) is 9.82. The molecular formula is C19H32IN5O3S. The van der Waals surface area contributed by atoms with Crippen LogP contribution < -0.4 is 10.2 Å². The lowest BCUT2D eigenvalue weighted by atomic mass is 9.98. The van der Waals surface area contributed by atoms with E-state index < -0.39 is 10.0 Å². The van der Waals surface area contributed by atoms with Gasteiger partial charge in [-0.25, -0.2) is 12.7 Å². The second-order valence-electron chi connectivity index (χ2n) is 7.50. The number of nitrogens with one attached hydrogen (secondary N) is 1. The summed E-state index contributed by atoms with van der Waals surface area (Å²) in [7, 11) is -1.28. The number of piperidine rings is 1. The van der Waals surface area contributed by atoms with E-state index in [1.54, 1.807) is 17.4 Å². The Hall–Kier alpha value is -1.27. The summed E-state index contributed by atoms with van der Waals surface area (Å²) in [6.07, 6.45) is 3.03. The maximum atomic E-state index is 11.6. The molecule has 0 aliphatic carbocycles. The fraction of sp³-hybridized carbons (Fsp3) is 0.632. The van der Waals surface area contributed by atoms with Crippen LogP contribution in [0, 0.1) is 5.92 Å². The predicted octanol–water partition coefficient (Wildman–Crippen LogP) is 1.38. The van der Waals surface area contributed by atoms with Gasteiger partial charge in [-0.05, 0) is 30.9 Å².